The largest absolute Gasteiger partial charge is 0.508 e. The van der Waals surface area contributed by atoms with Gasteiger partial charge in [-0.05, 0) is 60.2 Å². The standard InChI is InChI=1S/C21H16FNO3/c22-14-3-5-15(6-4-14)23-20(11-13-1-7-16(24)8-2-13)18-10-9-17(25)12-19(18)21(23)26/h1-10,12,24-26H,11H2. The van der Waals surface area contributed by atoms with E-state index >= 15 is 0 Å². The molecule has 3 aromatic carbocycles. The van der Waals surface area contributed by atoms with E-state index in [0.717, 1.165) is 16.6 Å². The highest BCUT2D eigenvalue weighted by atomic mass is 19.1. The molecule has 0 spiro atoms. The average Bonchev–Trinajstić information content (AvgIpc) is 2.89. The number of phenolic OH excluding ortho intramolecular Hbond substituents is 2. The maximum atomic E-state index is 13.3. The molecule has 0 unspecified atom stereocenters. The molecule has 4 rings (SSSR count). The molecule has 1 aromatic heterocycles. The van der Waals surface area contributed by atoms with Crippen molar-refractivity contribution in [1.82, 2.24) is 4.57 Å². The Morgan fingerprint density at radius 3 is 2.08 bits per heavy atom. The van der Waals surface area contributed by atoms with Crippen molar-refractivity contribution in [1.29, 1.82) is 0 Å². The summed E-state index contributed by atoms with van der Waals surface area (Å²) >= 11 is 0. The minimum Gasteiger partial charge on any atom is -0.508 e. The van der Waals surface area contributed by atoms with E-state index in [-0.39, 0.29) is 23.2 Å². The van der Waals surface area contributed by atoms with Crippen molar-refractivity contribution in [3.8, 4) is 23.1 Å². The number of hydrogen-bond donors (Lipinski definition) is 3. The topological polar surface area (TPSA) is 65.6 Å². The Hall–Kier alpha value is -3.47. The van der Waals surface area contributed by atoms with Crippen LogP contribution in [0.2, 0.25) is 0 Å². The number of benzene rings is 3. The highest BCUT2D eigenvalue weighted by Gasteiger charge is 2.18. The number of halogens is 1. The summed E-state index contributed by atoms with van der Waals surface area (Å²) in [5.74, 6) is -0.139. The molecule has 0 amide bonds. The molecule has 1 heterocycles. The summed E-state index contributed by atoms with van der Waals surface area (Å²) in [5.41, 5.74) is 2.36. The number of phenols is 2. The Kier molecular flexibility index (Phi) is 3.77. The van der Waals surface area contributed by atoms with Crippen LogP contribution in [0.3, 0.4) is 0 Å². The van der Waals surface area contributed by atoms with Gasteiger partial charge in [0.25, 0.3) is 0 Å². The molecular weight excluding hydrogens is 333 g/mol. The van der Waals surface area contributed by atoms with E-state index in [1.165, 1.54) is 18.2 Å². The fraction of sp³-hybridized carbons (Fsp3) is 0.0476. The molecule has 0 fully saturated rings. The van der Waals surface area contributed by atoms with Gasteiger partial charge in [0.1, 0.15) is 17.3 Å². The van der Waals surface area contributed by atoms with E-state index in [2.05, 4.69) is 0 Å². The molecule has 4 aromatic rings. The van der Waals surface area contributed by atoms with Crippen molar-refractivity contribution in [2.24, 2.45) is 0 Å². The van der Waals surface area contributed by atoms with E-state index in [9.17, 15) is 19.7 Å². The molecule has 0 atom stereocenters. The minimum absolute atomic E-state index is 0.0173. The summed E-state index contributed by atoms with van der Waals surface area (Å²) in [7, 11) is 0. The highest BCUT2D eigenvalue weighted by Crippen LogP contribution is 2.37. The number of fused-ring (bicyclic) bond motifs is 1. The van der Waals surface area contributed by atoms with Gasteiger partial charge in [-0.25, -0.2) is 4.39 Å². The second-order valence-electron chi connectivity index (χ2n) is 6.16. The lowest BCUT2D eigenvalue weighted by Crippen LogP contribution is -2.01. The first-order chi connectivity index (χ1) is 12.5. The smallest absolute Gasteiger partial charge is 0.204 e. The number of aromatic nitrogens is 1. The molecule has 5 heteroatoms. The van der Waals surface area contributed by atoms with Crippen LogP contribution in [0.1, 0.15) is 11.3 Å². The maximum absolute atomic E-state index is 13.3. The van der Waals surface area contributed by atoms with Crippen molar-refractivity contribution >= 4 is 10.8 Å². The van der Waals surface area contributed by atoms with Gasteiger partial charge in [0.2, 0.25) is 5.88 Å². The molecule has 0 aliphatic heterocycles. The monoisotopic (exact) mass is 349 g/mol. The average molecular weight is 349 g/mol. The van der Waals surface area contributed by atoms with E-state index in [1.54, 1.807) is 53.1 Å². The van der Waals surface area contributed by atoms with Crippen LogP contribution in [0.15, 0.2) is 66.7 Å². The molecule has 26 heavy (non-hydrogen) atoms. The van der Waals surface area contributed by atoms with E-state index in [1.807, 2.05) is 0 Å². The minimum atomic E-state index is -0.359. The van der Waals surface area contributed by atoms with Gasteiger partial charge >= 0.3 is 0 Å². The van der Waals surface area contributed by atoms with Crippen LogP contribution in [-0.2, 0) is 6.42 Å². The van der Waals surface area contributed by atoms with E-state index in [4.69, 9.17) is 0 Å². The molecule has 0 saturated heterocycles. The van der Waals surface area contributed by atoms with Crippen LogP contribution in [0.25, 0.3) is 16.5 Å². The summed E-state index contributed by atoms with van der Waals surface area (Å²) in [5, 5.41) is 31.3. The van der Waals surface area contributed by atoms with Gasteiger partial charge < -0.3 is 15.3 Å². The summed E-state index contributed by atoms with van der Waals surface area (Å²) < 4.78 is 15.0. The quantitative estimate of drug-likeness (QED) is 0.511. The first-order valence-corrected chi connectivity index (χ1v) is 8.12. The van der Waals surface area contributed by atoms with Crippen molar-refractivity contribution in [3.63, 3.8) is 0 Å². The summed E-state index contributed by atoms with van der Waals surface area (Å²) in [6, 6.07) is 17.5. The van der Waals surface area contributed by atoms with Gasteiger partial charge in [0.15, 0.2) is 0 Å². The second kappa shape index (κ2) is 6.11. The molecule has 3 N–H and O–H groups in total. The molecular formula is C21H16FNO3. The van der Waals surface area contributed by atoms with E-state index in [0.29, 0.717) is 17.5 Å². The fourth-order valence-electron chi connectivity index (χ4n) is 3.19. The highest BCUT2D eigenvalue weighted by molar-refractivity contribution is 5.93. The third kappa shape index (κ3) is 2.73. The Bertz CT molecular complexity index is 1080. The van der Waals surface area contributed by atoms with Crippen LogP contribution in [0, 0.1) is 5.82 Å². The number of nitrogens with zero attached hydrogens (tertiary/aromatic N) is 1. The third-order valence-corrected chi connectivity index (χ3v) is 4.43. The Balaban J connectivity index is 1.94. The van der Waals surface area contributed by atoms with Crippen molar-refractivity contribution < 1.29 is 19.7 Å². The van der Waals surface area contributed by atoms with Gasteiger partial charge in [-0.1, -0.05) is 12.1 Å². The molecule has 0 aliphatic carbocycles. The molecule has 4 nitrogen and oxygen atoms in total. The molecule has 0 bridgehead atoms. The predicted octanol–water partition coefficient (Wildman–Crippen LogP) is 4.48. The maximum Gasteiger partial charge on any atom is 0.204 e. The molecule has 0 radical (unpaired) electrons. The van der Waals surface area contributed by atoms with Gasteiger partial charge in [-0.15, -0.1) is 0 Å². The van der Waals surface area contributed by atoms with Gasteiger partial charge in [0, 0.05) is 28.6 Å². The molecule has 0 aliphatic rings. The normalized spacial score (nSPS) is 11.1. The van der Waals surface area contributed by atoms with Crippen LogP contribution in [0.5, 0.6) is 17.4 Å². The lowest BCUT2D eigenvalue weighted by Gasteiger charge is -2.11. The van der Waals surface area contributed by atoms with Crippen molar-refractivity contribution in [2.45, 2.75) is 6.42 Å². The SMILES string of the molecule is Oc1ccc(Cc2c3ccc(O)cc3c(O)n2-c2ccc(F)cc2)cc1. The first kappa shape index (κ1) is 16.0. The summed E-state index contributed by atoms with van der Waals surface area (Å²) in [4.78, 5) is 0. The Morgan fingerprint density at radius 2 is 1.38 bits per heavy atom. The third-order valence-electron chi connectivity index (χ3n) is 4.43. The molecule has 130 valence electrons. The van der Waals surface area contributed by atoms with E-state index < -0.39 is 0 Å². The Labute approximate surface area is 149 Å². The lowest BCUT2D eigenvalue weighted by molar-refractivity contribution is 0.445. The molecule has 0 saturated carbocycles. The Morgan fingerprint density at radius 1 is 0.731 bits per heavy atom. The van der Waals surface area contributed by atoms with Crippen molar-refractivity contribution in [2.75, 3.05) is 0 Å². The number of aromatic hydroxyl groups is 3. The van der Waals surface area contributed by atoms with Crippen LogP contribution in [-0.4, -0.2) is 19.9 Å². The predicted molar refractivity (Wildman–Crippen MR) is 97.5 cm³/mol. The van der Waals surface area contributed by atoms with Gasteiger partial charge in [0.05, 0.1) is 0 Å². The zero-order chi connectivity index (χ0) is 18.3. The summed E-state index contributed by atoms with van der Waals surface area (Å²) in [6.45, 7) is 0. The lowest BCUT2D eigenvalue weighted by atomic mass is 10.1. The van der Waals surface area contributed by atoms with Crippen LogP contribution in [0.4, 0.5) is 4.39 Å². The second-order valence-corrected chi connectivity index (χ2v) is 6.16. The zero-order valence-electron chi connectivity index (χ0n) is 13.7. The first-order valence-electron chi connectivity index (χ1n) is 8.12. The van der Waals surface area contributed by atoms with Gasteiger partial charge in [-0.2, -0.15) is 0 Å². The summed E-state index contributed by atoms with van der Waals surface area (Å²) in [6.07, 6.45) is 0.486. The number of rotatable bonds is 3. The van der Waals surface area contributed by atoms with Gasteiger partial charge in [-0.3, -0.25) is 4.57 Å². The van der Waals surface area contributed by atoms with Crippen molar-refractivity contribution in [3.05, 3.63) is 83.8 Å². The zero-order valence-corrected chi connectivity index (χ0v) is 13.7. The van der Waals surface area contributed by atoms with Crippen LogP contribution < -0.4 is 0 Å². The fourth-order valence-corrected chi connectivity index (χ4v) is 3.19. The number of hydrogen-bond acceptors (Lipinski definition) is 3. The van der Waals surface area contributed by atoms with Crippen LogP contribution >= 0.6 is 0 Å².